The molecule has 6 heteroatoms. The number of benzene rings is 1. The van der Waals surface area contributed by atoms with E-state index < -0.39 is 5.97 Å². The van der Waals surface area contributed by atoms with E-state index in [9.17, 15) is 9.18 Å². The molecule has 1 aromatic heterocycles. The van der Waals surface area contributed by atoms with Gasteiger partial charge >= 0.3 is 5.97 Å². The summed E-state index contributed by atoms with van der Waals surface area (Å²) in [6.45, 7) is -0.257. The SMILES string of the molecule is O=C(O)CNc1nccc(-c2ccc(F)cc2)n1. The molecule has 1 aromatic carbocycles. The van der Waals surface area contributed by atoms with Crippen LogP contribution in [0.1, 0.15) is 0 Å². The lowest BCUT2D eigenvalue weighted by atomic mass is 10.1. The molecule has 0 aliphatic rings. The molecule has 92 valence electrons. The van der Waals surface area contributed by atoms with Crippen LogP contribution in [0.5, 0.6) is 0 Å². The van der Waals surface area contributed by atoms with Crippen LogP contribution in [0.4, 0.5) is 10.3 Å². The van der Waals surface area contributed by atoms with Crippen molar-refractivity contribution in [1.82, 2.24) is 9.97 Å². The van der Waals surface area contributed by atoms with E-state index >= 15 is 0 Å². The minimum absolute atomic E-state index is 0.222. The fourth-order valence-electron chi connectivity index (χ4n) is 1.38. The zero-order valence-corrected chi connectivity index (χ0v) is 9.30. The molecule has 0 unspecified atom stereocenters. The Kier molecular flexibility index (Phi) is 3.47. The second-order valence-electron chi connectivity index (χ2n) is 3.52. The second kappa shape index (κ2) is 5.22. The number of rotatable bonds is 4. The van der Waals surface area contributed by atoms with E-state index in [1.807, 2.05) is 0 Å². The second-order valence-corrected chi connectivity index (χ2v) is 3.52. The first-order valence-corrected chi connectivity index (χ1v) is 5.20. The van der Waals surface area contributed by atoms with Crippen LogP contribution < -0.4 is 5.32 Å². The normalized spacial score (nSPS) is 10.1. The number of carboxylic acids is 1. The van der Waals surface area contributed by atoms with Crippen LogP contribution in [0.2, 0.25) is 0 Å². The fraction of sp³-hybridized carbons (Fsp3) is 0.0833. The Hall–Kier alpha value is -2.50. The smallest absolute Gasteiger partial charge is 0.322 e. The number of anilines is 1. The van der Waals surface area contributed by atoms with Crippen LogP contribution >= 0.6 is 0 Å². The van der Waals surface area contributed by atoms with Crippen molar-refractivity contribution >= 4 is 11.9 Å². The van der Waals surface area contributed by atoms with Gasteiger partial charge in [0.25, 0.3) is 0 Å². The van der Waals surface area contributed by atoms with Gasteiger partial charge in [-0.25, -0.2) is 14.4 Å². The van der Waals surface area contributed by atoms with E-state index in [4.69, 9.17) is 5.11 Å². The third kappa shape index (κ3) is 3.00. The summed E-state index contributed by atoms with van der Waals surface area (Å²) >= 11 is 0. The molecule has 2 N–H and O–H groups in total. The highest BCUT2D eigenvalue weighted by molar-refractivity contribution is 5.72. The Morgan fingerprint density at radius 2 is 2.00 bits per heavy atom. The summed E-state index contributed by atoms with van der Waals surface area (Å²) in [4.78, 5) is 18.4. The minimum atomic E-state index is -0.995. The molecular weight excluding hydrogens is 237 g/mol. The number of aliphatic carboxylic acids is 1. The molecule has 2 aromatic rings. The zero-order chi connectivity index (χ0) is 13.0. The molecule has 0 radical (unpaired) electrons. The Balaban J connectivity index is 2.21. The highest BCUT2D eigenvalue weighted by Crippen LogP contribution is 2.17. The Labute approximate surface area is 102 Å². The van der Waals surface area contributed by atoms with E-state index in [1.165, 1.54) is 18.3 Å². The molecule has 0 fully saturated rings. The summed E-state index contributed by atoms with van der Waals surface area (Å²) in [5.41, 5.74) is 1.33. The van der Waals surface area contributed by atoms with E-state index in [0.717, 1.165) is 5.56 Å². The van der Waals surface area contributed by atoms with Gasteiger partial charge in [-0.2, -0.15) is 0 Å². The van der Waals surface area contributed by atoms with Gasteiger partial charge in [-0.15, -0.1) is 0 Å². The Bertz CT molecular complexity index is 558. The molecule has 0 saturated carbocycles. The highest BCUT2D eigenvalue weighted by atomic mass is 19.1. The van der Waals surface area contributed by atoms with Crippen LogP contribution in [-0.2, 0) is 4.79 Å². The predicted molar refractivity (Wildman–Crippen MR) is 63.6 cm³/mol. The summed E-state index contributed by atoms with van der Waals surface area (Å²) in [5, 5.41) is 11.1. The maximum atomic E-state index is 12.8. The molecule has 0 aliphatic heterocycles. The Morgan fingerprint density at radius 3 is 2.67 bits per heavy atom. The van der Waals surface area contributed by atoms with Crippen LogP contribution in [0.15, 0.2) is 36.5 Å². The molecule has 0 saturated heterocycles. The quantitative estimate of drug-likeness (QED) is 0.861. The number of carbonyl (C=O) groups is 1. The van der Waals surface area contributed by atoms with Gasteiger partial charge < -0.3 is 10.4 Å². The first-order valence-electron chi connectivity index (χ1n) is 5.20. The summed E-state index contributed by atoms with van der Waals surface area (Å²) in [6, 6.07) is 7.53. The first kappa shape index (κ1) is 12.0. The number of nitrogens with zero attached hydrogens (tertiary/aromatic N) is 2. The first-order chi connectivity index (χ1) is 8.65. The standard InChI is InChI=1S/C12H10FN3O2/c13-9-3-1-8(2-4-9)10-5-6-14-12(16-10)15-7-11(17)18/h1-6H,7H2,(H,17,18)(H,14,15,16). The van der Waals surface area contributed by atoms with Crippen LogP contribution in [-0.4, -0.2) is 27.6 Å². The lowest BCUT2D eigenvalue weighted by Crippen LogP contribution is -2.14. The third-order valence-corrected chi connectivity index (χ3v) is 2.19. The van der Waals surface area contributed by atoms with Gasteiger partial charge in [0.2, 0.25) is 5.95 Å². The number of carboxylic acid groups (broad SMARTS) is 1. The van der Waals surface area contributed by atoms with E-state index in [-0.39, 0.29) is 18.3 Å². The molecule has 5 nitrogen and oxygen atoms in total. The largest absolute Gasteiger partial charge is 0.480 e. The minimum Gasteiger partial charge on any atom is -0.480 e. The molecular formula is C12H10FN3O2. The lowest BCUT2D eigenvalue weighted by molar-refractivity contribution is -0.134. The maximum absolute atomic E-state index is 12.8. The highest BCUT2D eigenvalue weighted by Gasteiger charge is 2.03. The lowest BCUT2D eigenvalue weighted by Gasteiger charge is -2.04. The van der Waals surface area contributed by atoms with E-state index in [2.05, 4.69) is 15.3 Å². The Morgan fingerprint density at radius 1 is 1.28 bits per heavy atom. The van der Waals surface area contributed by atoms with Crippen molar-refractivity contribution in [3.05, 3.63) is 42.3 Å². The average Bonchev–Trinajstić information content (AvgIpc) is 2.37. The molecule has 0 spiro atoms. The number of aromatic nitrogens is 2. The number of hydrogen-bond acceptors (Lipinski definition) is 4. The van der Waals surface area contributed by atoms with Crippen LogP contribution in [0, 0.1) is 5.82 Å². The third-order valence-electron chi connectivity index (χ3n) is 2.19. The van der Waals surface area contributed by atoms with Crippen molar-refractivity contribution in [2.75, 3.05) is 11.9 Å². The van der Waals surface area contributed by atoms with Gasteiger partial charge in [-0.05, 0) is 30.3 Å². The molecule has 0 amide bonds. The summed E-state index contributed by atoms with van der Waals surface area (Å²) in [7, 11) is 0. The monoisotopic (exact) mass is 247 g/mol. The van der Waals surface area contributed by atoms with Crippen molar-refractivity contribution in [3.63, 3.8) is 0 Å². The molecule has 2 rings (SSSR count). The van der Waals surface area contributed by atoms with Gasteiger partial charge in [0.05, 0.1) is 5.69 Å². The van der Waals surface area contributed by atoms with Crippen molar-refractivity contribution in [2.45, 2.75) is 0 Å². The summed E-state index contributed by atoms with van der Waals surface area (Å²) in [5.74, 6) is -1.10. The summed E-state index contributed by atoms with van der Waals surface area (Å²) in [6.07, 6.45) is 1.51. The molecule has 18 heavy (non-hydrogen) atoms. The molecule has 0 bridgehead atoms. The van der Waals surface area contributed by atoms with Gasteiger partial charge in [-0.1, -0.05) is 0 Å². The zero-order valence-electron chi connectivity index (χ0n) is 9.30. The van der Waals surface area contributed by atoms with Crippen LogP contribution in [0.25, 0.3) is 11.3 Å². The molecule has 0 aliphatic carbocycles. The van der Waals surface area contributed by atoms with E-state index in [0.29, 0.717) is 5.69 Å². The number of nitrogens with one attached hydrogen (secondary N) is 1. The van der Waals surface area contributed by atoms with Gasteiger partial charge in [-0.3, -0.25) is 4.79 Å². The number of halogens is 1. The van der Waals surface area contributed by atoms with E-state index in [1.54, 1.807) is 18.2 Å². The predicted octanol–water partition coefficient (Wildman–Crippen LogP) is 1.78. The van der Waals surface area contributed by atoms with Gasteiger partial charge in [0.15, 0.2) is 0 Å². The van der Waals surface area contributed by atoms with Gasteiger partial charge in [0.1, 0.15) is 12.4 Å². The van der Waals surface area contributed by atoms with Crippen molar-refractivity contribution in [1.29, 1.82) is 0 Å². The summed E-state index contributed by atoms with van der Waals surface area (Å²) < 4.78 is 12.8. The topological polar surface area (TPSA) is 75.1 Å². The average molecular weight is 247 g/mol. The van der Waals surface area contributed by atoms with Crippen molar-refractivity contribution in [2.24, 2.45) is 0 Å². The van der Waals surface area contributed by atoms with Gasteiger partial charge in [0, 0.05) is 11.8 Å². The number of hydrogen-bond donors (Lipinski definition) is 2. The van der Waals surface area contributed by atoms with Crippen molar-refractivity contribution in [3.8, 4) is 11.3 Å². The van der Waals surface area contributed by atoms with Crippen LogP contribution in [0.3, 0.4) is 0 Å². The molecule has 0 atom stereocenters. The molecule has 1 heterocycles. The fourth-order valence-corrected chi connectivity index (χ4v) is 1.38. The van der Waals surface area contributed by atoms with Crippen molar-refractivity contribution < 1.29 is 14.3 Å². The maximum Gasteiger partial charge on any atom is 0.322 e.